The summed E-state index contributed by atoms with van der Waals surface area (Å²) in [5, 5.41) is 6.43. The maximum absolute atomic E-state index is 12.0. The van der Waals surface area contributed by atoms with E-state index in [1.54, 1.807) is 0 Å². The van der Waals surface area contributed by atoms with Gasteiger partial charge in [-0.15, -0.1) is 12.4 Å². The molecule has 2 N–H and O–H groups in total. The molecule has 19 heavy (non-hydrogen) atoms. The van der Waals surface area contributed by atoms with Crippen molar-refractivity contribution in [2.75, 3.05) is 13.1 Å². The lowest BCUT2D eigenvalue weighted by Crippen LogP contribution is -2.27. The number of carbonyl (C=O) groups is 1. The summed E-state index contributed by atoms with van der Waals surface area (Å²) < 4.78 is 0. The third kappa shape index (κ3) is 3.71. The van der Waals surface area contributed by atoms with Crippen LogP contribution < -0.4 is 10.6 Å². The van der Waals surface area contributed by atoms with Gasteiger partial charge in [0.1, 0.15) is 0 Å². The number of amides is 1. The van der Waals surface area contributed by atoms with Gasteiger partial charge in [-0.3, -0.25) is 4.79 Å². The zero-order valence-electron chi connectivity index (χ0n) is 11.0. The number of rotatable bonds is 3. The number of hydrogen-bond donors (Lipinski definition) is 2. The van der Waals surface area contributed by atoms with Gasteiger partial charge in [0, 0.05) is 11.6 Å². The van der Waals surface area contributed by atoms with Crippen LogP contribution in [0, 0.1) is 0 Å². The Morgan fingerprint density at radius 3 is 2.58 bits per heavy atom. The molecule has 0 atom stereocenters. The maximum Gasteiger partial charge on any atom is 0.251 e. The molecule has 1 aliphatic carbocycles. The molecule has 1 heterocycles. The van der Waals surface area contributed by atoms with Gasteiger partial charge in [-0.1, -0.05) is 12.1 Å². The molecule has 2 aliphatic rings. The second-order valence-electron chi connectivity index (χ2n) is 5.40. The van der Waals surface area contributed by atoms with Crippen LogP contribution in [0.1, 0.15) is 47.5 Å². The largest absolute Gasteiger partial charge is 0.349 e. The van der Waals surface area contributed by atoms with Gasteiger partial charge in [0.25, 0.3) is 5.91 Å². The van der Waals surface area contributed by atoms with Crippen molar-refractivity contribution >= 4 is 18.3 Å². The highest BCUT2D eigenvalue weighted by atomic mass is 35.5. The highest BCUT2D eigenvalue weighted by Crippen LogP contribution is 2.26. The minimum Gasteiger partial charge on any atom is -0.349 e. The quantitative estimate of drug-likeness (QED) is 0.893. The van der Waals surface area contributed by atoms with Crippen molar-refractivity contribution in [1.82, 2.24) is 10.6 Å². The normalized spacial score (nSPS) is 19.6. The predicted octanol–water partition coefficient (Wildman–Crippen LogP) is 2.47. The van der Waals surface area contributed by atoms with E-state index in [-0.39, 0.29) is 18.3 Å². The fraction of sp³-hybridized carbons (Fsp3) is 0.533. The van der Waals surface area contributed by atoms with E-state index in [1.807, 2.05) is 12.1 Å². The first kappa shape index (κ1) is 14.4. The summed E-state index contributed by atoms with van der Waals surface area (Å²) >= 11 is 0. The number of benzene rings is 1. The first-order valence-electron chi connectivity index (χ1n) is 6.94. The first-order valence-corrected chi connectivity index (χ1v) is 6.94. The van der Waals surface area contributed by atoms with E-state index in [1.165, 1.54) is 18.4 Å². The summed E-state index contributed by atoms with van der Waals surface area (Å²) in [5.41, 5.74) is 2.14. The molecule has 0 unspecified atom stereocenters. The van der Waals surface area contributed by atoms with Crippen molar-refractivity contribution in [1.29, 1.82) is 0 Å². The topological polar surface area (TPSA) is 41.1 Å². The van der Waals surface area contributed by atoms with E-state index in [0.717, 1.165) is 31.5 Å². The van der Waals surface area contributed by atoms with E-state index in [4.69, 9.17) is 0 Å². The highest BCUT2D eigenvalue weighted by Gasteiger charge is 2.24. The molecule has 1 saturated heterocycles. The van der Waals surface area contributed by atoms with Crippen LogP contribution in [0.2, 0.25) is 0 Å². The second-order valence-corrected chi connectivity index (χ2v) is 5.40. The summed E-state index contributed by atoms with van der Waals surface area (Å²) in [5.74, 6) is 0.702. The van der Waals surface area contributed by atoms with Gasteiger partial charge in [-0.25, -0.2) is 0 Å². The number of hydrogen-bond acceptors (Lipinski definition) is 2. The summed E-state index contributed by atoms with van der Waals surface area (Å²) in [6.07, 6.45) is 4.63. The van der Waals surface area contributed by atoms with E-state index >= 15 is 0 Å². The molecule has 0 radical (unpaired) electrons. The van der Waals surface area contributed by atoms with Crippen LogP contribution in [-0.4, -0.2) is 25.0 Å². The smallest absolute Gasteiger partial charge is 0.251 e. The van der Waals surface area contributed by atoms with E-state index in [2.05, 4.69) is 22.8 Å². The third-order valence-electron chi connectivity index (χ3n) is 3.87. The molecule has 3 rings (SSSR count). The molecule has 3 nitrogen and oxygen atoms in total. The van der Waals surface area contributed by atoms with Gasteiger partial charge in [0.15, 0.2) is 0 Å². The van der Waals surface area contributed by atoms with Crippen LogP contribution in [0.25, 0.3) is 0 Å². The number of piperidine rings is 1. The standard InChI is InChI=1S/C15H20N2O.ClH/c18-15(17-14-4-5-14)13-3-1-2-12(10-13)11-6-8-16-9-7-11;/h1-3,10-11,14,16H,4-9H2,(H,17,18);1H. The average molecular weight is 281 g/mol. The lowest BCUT2D eigenvalue weighted by Gasteiger charge is -2.23. The molecular formula is C15H21ClN2O. The Balaban J connectivity index is 0.00000133. The third-order valence-corrected chi connectivity index (χ3v) is 3.87. The van der Waals surface area contributed by atoms with Crippen LogP contribution in [0.3, 0.4) is 0 Å². The molecule has 1 aromatic carbocycles. The highest BCUT2D eigenvalue weighted by molar-refractivity contribution is 5.94. The Kier molecular flexibility index (Phi) is 4.83. The average Bonchev–Trinajstić information content (AvgIpc) is 3.24. The van der Waals surface area contributed by atoms with Gasteiger partial charge >= 0.3 is 0 Å². The minimum atomic E-state index is 0. The minimum absolute atomic E-state index is 0. The Bertz CT molecular complexity index is 440. The predicted molar refractivity (Wildman–Crippen MR) is 79.0 cm³/mol. The number of nitrogens with one attached hydrogen (secondary N) is 2. The van der Waals surface area contributed by atoms with Crippen molar-refractivity contribution in [2.45, 2.75) is 37.6 Å². The fourth-order valence-electron chi connectivity index (χ4n) is 2.59. The molecule has 0 spiro atoms. The summed E-state index contributed by atoms with van der Waals surface area (Å²) in [4.78, 5) is 12.0. The van der Waals surface area contributed by atoms with E-state index < -0.39 is 0 Å². The molecule has 1 aromatic rings. The van der Waals surface area contributed by atoms with Crippen molar-refractivity contribution < 1.29 is 4.79 Å². The maximum atomic E-state index is 12.0. The van der Waals surface area contributed by atoms with Crippen LogP contribution >= 0.6 is 12.4 Å². The number of halogens is 1. The van der Waals surface area contributed by atoms with Gasteiger partial charge < -0.3 is 10.6 Å². The van der Waals surface area contributed by atoms with Crippen LogP contribution in [0.15, 0.2) is 24.3 Å². The van der Waals surface area contributed by atoms with E-state index in [0.29, 0.717) is 12.0 Å². The molecular weight excluding hydrogens is 260 g/mol. The summed E-state index contributed by atoms with van der Waals surface area (Å²) in [6.45, 7) is 2.17. The van der Waals surface area contributed by atoms with Crippen LogP contribution in [-0.2, 0) is 0 Å². The van der Waals surface area contributed by atoms with Crippen LogP contribution in [0.5, 0.6) is 0 Å². The lowest BCUT2D eigenvalue weighted by molar-refractivity contribution is 0.0951. The second kappa shape index (κ2) is 6.40. The Morgan fingerprint density at radius 1 is 1.16 bits per heavy atom. The van der Waals surface area contributed by atoms with Gasteiger partial charge in [-0.05, 0) is 62.4 Å². The Hall–Kier alpha value is -1.06. The monoisotopic (exact) mass is 280 g/mol. The lowest BCUT2D eigenvalue weighted by atomic mass is 9.89. The van der Waals surface area contributed by atoms with Crippen molar-refractivity contribution in [3.63, 3.8) is 0 Å². The van der Waals surface area contributed by atoms with Crippen molar-refractivity contribution in [3.8, 4) is 0 Å². The van der Waals surface area contributed by atoms with Gasteiger partial charge in [-0.2, -0.15) is 0 Å². The first-order chi connectivity index (χ1) is 8.83. The molecule has 1 aliphatic heterocycles. The molecule has 0 aromatic heterocycles. The summed E-state index contributed by atoms with van der Waals surface area (Å²) in [7, 11) is 0. The molecule has 2 fully saturated rings. The molecule has 0 bridgehead atoms. The van der Waals surface area contributed by atoms with Gasteiger partial charge in [0.2, 0.25) is 0 Å². The molecule has 1 amide bonds. The van der Waals surface area contributed by atoms with Crippen LogP contribution in [0.4, 0.5) is 0 Å². The zero-order valence-corrected chi connectivity index (χ0v) is 11.8. The molecule has 1 saturated carbocycles. The van der Waals surface area contributed by atoms with Crippen molar-refractivity contribution in [2.24, 2.45) is 0 Å². The fourth-order valence-corrected chi connectivity index (χ4v) is 2.59. The van der Waals surface area contributed by atoms with Crippen molar-refractivity contribution in [3.05, 3.63) is 35.4 Å². The number of carbonyl (C=O) groups excluding carboxylic acids is 1. The SMILES string of the molecule is Cl.O=C(NC1CC1)c1cccc(C2CCNCC2)c1. The molecule has 4 heteroatoms. The zero-order chi connectivity index (χ0) is 12.4. The van der Waals surface area contributed by atoms with E-state index in [9.17, 15) is 4.79 Å². The Labute approximate surface area is 120 Å². The van der Waals surface area contributed by atoms with Gasteiger partial charge in [0.05, 0.1) is 0 Å². The molecule has 104 valence electrons. The summed E-state index contributed by atoms with van der Waals surface area (Å²) in [6, 6.07) is 8.60. The Morgan fingerprint density at radius 2 is 1.89 bits per heavy atom.